The van der Waals surface area contributed by atoms with Gasteiger partial charge in [-0.1, -0.05) is 23.2 Å². The molecule has 0 bridgehead atoms. The molecule has 0 aliphatic heterocycles. The molecule has 0 aliphatic carbocycles. The van der Waals surface area contributed by atoms with Crippen LogP contribution >= 0.6 is 23.2 Å². The number of amides is 1. The number of benzene rings is 2. The molecule has 0 saturated carbocycles. The van der Waals surface area contributed by atoms with Crippen molar-refractivity contribution in [2.75, 3.05) is 11.9 Å². The van der Waals surface area contributed by atoms with Crippen molar-refractivity contribution >= 4 is 34.8 Å². The molecule has 0 heterocycles. The minimum Gasteiger partial charge on any atom is -0.492 e. The van der Waals surface area contributed by atoms with Gasteiger partial charge in [0, 0.05) is 10.7 Å². The fourth-order valence-electron chi connectivity index (χ4n) is 1.72. The Kier molecular flexibility index (Phi) is 5.04. The number of carbonyl (C=O) groups is 1. The Bertz CT molecular complexity index is 677. The summed E-state index contributed by atoms with van der Waals surface area (Å²) < 4.78 is 18.9. The first-order valence-corrected chi connectivity index (χ1v) is 6.95. The van der Waals surface area contributed by atoms with Crippen LogP contribution in [0.15, 0.2) is 36.4 Å². The first-order valence-electron chi connectivity index (χ1n) is 6.20. The van der Waals surface area contributed by atoms with Gasteiger partial charge in [-0.05, 0) is 43.3 Å². The SMILES string of the molecule is CCOc1ccc(NC(=O)c2cc(Cl)ccc2F)cc1Cl. The van der Waals surface area contributed by atoms with E-state index >= 15 is 0 Å². The van der Waals surface area contributed by atoms with Gasteiger partial charge in [-0.15, -0.1) is 0 Å². The van der Waals surface area contributed by atoms with Crippen LogP contribution in [0.5, 0.6) is 5.75 Å². The lowest BCUT2D eigenvalue weighted by Crippen LogP contribution is -2.13. The van der Waals surface area contributed by atoms with Gasteiger partial charge in [0.05, 0.1) is 17.2 Å². The van der Waals surface area contributed by atoms with Gasteiger partial charge >= 0.3 is 0 Å². The summed E-state index contributed by atoms with van der Waals surface area (Å²) in [7, 11) is 0. The highest BCUT2D eigenvalue weighted by molar-refractivity contribution is 6.32. The summed E-state index contributed by atoms with van der Waals surface area (Å²) in [6.45, 7) is 2.33. The van der Waals surface area contributed by atoms with Gasteiger partial charge in [0.15, 0.2) is 0 Å². The average molecular weight is 328 g/mol. The van der Waals surface area contributed by atoms with E-state index < -0.39 is 11.7 Å². The zero-order chi connectivity index (χ0) is 15.4. The second-order valence-corrected chi connectivity index (χ2v) is 5.00. The number of hydrogen-bond donors (Lipinski definition) is 1. The predicted octanol–water partition coefficient (Wildman–Crippen LogP) is 4.78. The lowest BCUT2D eigenvalue weighted by atomic mass is 10.2. The maximum absolute atomic E-state index is 13.6. The number of anilines is 1. The van der Waals surface area contributed by atoms with E-state index in [9.17, 15) is 9.18 Å². The van der Waals surface area contributed by atoms with Crippen LogP contribution in [0.1, 0.15) is 17.3 Å². The molecule has 1 amide bonds. The Morgan fingerprint density at radius 1 is 1.24 bits per heavy atom. The van der Waals surface area contributed by atoms with Crippen molar-refractivity contribution in [1.29, 1.82) is 0 Å². The third-order valence-electron chi connectivity index (χ3n) is 2.66. The molecule has 0 aromatic heterocycles. The van der Waals surface area contributed by atoms with E-state index in [0.717, 1.165) is 6.07 Å². The number of hydrogen-bond acceptors (Lipinski definition) is 2. The third-order valence-corrected chi connectivity index (χ3v) is 3.19. The summed E-state index contributed by atoms with van der Waals surface area (Å²) in [5, 5.41) is 3.20. The standard InChI is InChI=1S/C15H12Cl2FNO2/c1-2-21-14-6-4-10(8-12(14)17)19-15(20)11-7-9(16)3-5-13(11)18/h3-8H,2H2,1H3,(H,19,20). The predicted molar refractivity (Wildman–Crippen MR) is 82.0 cm³/mol. The first-order chi connectivity index (χ1) is 10.0. The summed E-state index contributed by atoms with van der Waals surface area (Å²) in [6.07, 6.45) is 0. The van der Waals surface area contributed by atoms with Crippen molar-refractivity contribution in [3.63, 3.8) is 0 Å². The monoisotopic (exact) mass is 327 g/mol. The molecule has 21 heavy (non-hydrogen) atoms. The summed E-state index contributed by atoms with van der Waals surface area (Å²) in [5.41, 5.74) is 0.306. The Labute approximate surface area is 131 Å². The van der Waals surface area contributed by atoms with Crippen LogP contribution in [0.25, 0.3) is 0 Å². The van der Waals surface area contributed by atoms with Gasteiger partial charge in [-0.25, -0.2) is 4.39 Å². The van der Waals surface area contributed by atoms with Crippen LogP contribution < -0.4 is 10.1 Å². The van der Waals surface area contributed by atoms with Crippen LogP contribution in [0.2, 0.25) is 10.0 Å². The molecule has 0 fully saturated rings. The van der Waals surface area contributed by atoms with Gasteiger partial charge in [-0.3, -0.25) is 4.79 Å². The van der Waals surface area contributed by atoms with Crippen molar-refractivity contribution in [2.24, 2.45) is 0 Å². The molecule has 0 spiro atoms. The molecule has 2 aromatic carbocycles. The van der Waals surface area contributed by atoms with Gasteiger partial charge < -0.3 is 10.1 Å². The number of halogens is 3. The zero-order valence-corrected chi connectivity index (χ0v) is 12.6. The molecular weight excluding hydrogens is 316 g/mol. The third kappa shape index (κ3) is 3.86. The summed E-state index contributed by atoms with van der Waals surface area (Å²) in [5.74, 6) is -0.727. The van der Waals surface area contributed by atoms with E-state index in [1.807, 2.05) is 6.92 Å². The van der Waals surface area contributed by atoms with Crippen molar-refractivity contribution in [1.82, 2.24) is 0 Å². The van der Waals surface area contributed by atoms with Crippen LogP contribution in [0.3, 0.4) is 0 Å². The summed E-state index contributed by atoms with van der Waals surface area (Å²) >= 11 is 11.8. The normalized spacial score (nSPS) is 10.3. The maximum Gasteiger partial charge on any atom is 0.258 e. The molecular formula is C15H12Cl2FNO2. The average Bonchev–Trinajstić information content (AvgIpc) is 2.44. The lowest BCUT2D eigenvalue weighted by Gasteiger charge is -2.09. The number of rotatable bonds is 4. The second kappa shape index (κ2) is 6.78. The summed E-state index contributed by atoms with van der Waals surface area (Å²) in [4.78, 5) is 12.0. The zero-order valence-electron chi connectivity index (χ0n) is 11.1. The fraction of sp³-hybridized carbons (Fsp3) is 0.133. The van der Waals surface area contributed by atoms with E-state index in [4.69, 9.17) is 27.9 Å². The van der Waals surface area contributed by atoms with E-state index in [1.165, 1.54) is 18.2 Å². The van der Waals surface area contributed by atoms with E-state index in [-0.39, 0.29) is 10.6 Å². The Morgan fingerprint density at radius 2 is 2.00 bits per heavy atom. The number of nitrogens with one attached hydrogen (secondary N) is 1. The smallest absolute Gasteiger partial charge is 0.258 e. The Morgan fingerprint density at radius 3 is 2.67 bits per heavy atom. The number of carbonyl (C=O) groups excluding carboxylic acids is 1. The molecule has 2 aromatic rings. The van der Waals surface area contributed by atoms with Crippen molar-refractivity contribution in [3.05, 3.63) is 57.8 Å². The Balaban J connectivity index is 2.19. The number of ether oxygens (including phenoxy) is 1. The molecule has 3 nitrogen and oxygen atoms in total. The quantitative estimate of drug-likeness (QED) is 0.877. The van der Waals surface area contributed by atoms with Crippen LogP contribution in [0, 0.1) is 5.82 Å². The van der Waals surface area contributed by atoms with Gasteiger partial charge in [0.1, 0.15) is 11.6 Å². The van der Waals surface area contributed by atoms with Crippen LogP contribution in [0.4, 0.5) is 10.1 Å². The van der Waals surface area contributed by atoms with Crippen LogP contribution in [-0.2, 0) is 0 Å². The molecule has 0 atom stereocenters. The second-order valence-electron chi connectivity index (χ2n) is 4.16. The van der Waals surface area contributed by atoms with E-state index in [1.54, 1.807) is 12.1 Å². The minimum atomic E-state index is -0.645. The molecule has 0 saturated heterocycles. The largest absolute Gasteiger partial charge is 0.492 e. The van der Waals surface area contributed by atoms with E-state index in [0.29, 0.717) is 23.1 Å². The first kappa shape index (κ1) is 15.6. The van der Waals surface area contributed by atoms with Crippen molar-refractivity contribution < 1.29 is 13.9 Å². The van der Waals surface area contributed by atoms with Crippen molar-refractivity contribution in [2.45, 2.75) is 6.92 Å². The van der Waals surface area contributed by atoms with Gasteiger partial charge in [-0.2, -0.15) is 0 Å². The fourth-order valence-corrected chi connectivity index (χ4v) is 2.13. The lowest BCUT2D eigenvalue weighted by molar-refractivity contribution is 0.102. The van der Waals surface area contributed by atoms with Gasteiger partial charge in [0.2, 0.25) is 0 Å². The molecule has 6 heteroatoms. The van der Waals surface area contributed by atoms with Gasteiger partial charge in [0.25, 0.3) is 5.91 Å². The highest BCUT2D eigenvalue weighted by atomic mass is 35.5. The minimum absolute atomic E-state index is 0.132. The molecule has 0 aliphatic rings. The highest BCUT2D eigenvalue weighted by Crippen LogP contribution is 2.28. The molecule has 0 radical (unpaired) electrons. The molecule has 0 unspecified atom stereocenters. The van der Waals surface area contributed by atoms with Crippen LogP contribution in [-0.4, -0.2) is 12.5 Å². The molecule has 2 rings (SSSR count). The summed E-state index contributed by atoms with van der Waals surface area (Å²) in [6, 6.07) is 8.58. The molecule has 110 valence electrons. The van der Waals surface area contributed by atoms with Crippen molar-refractivity contribution in [3.8, 4) is 5.75 Å². The maximum atomic E-state index is 13.6. The topological polar surface area (TPSA) is 38.3 Å². The highest BCUT2D eigenvalue weighted by Gasteiger charge is 2.13. The van der Waals surface area contributed by atoms with E-state index in [2.05, 4.69) is 5.32 Å². The molecule has 1 N–H and O–H groups in total. The Hall–Kier alpha value is -1.78.